The van der Waals surface area contributed by atoms with E-state index in [0.29, 0.717) is 12.3 Å². The van der Waals surface area contributed by atoms with Crippen LogP contribution in [-0.4, -0.2) is 51.1 Å². The summed E-state index contributed by atoms with van der Waals surface area (Å²) >= 11 is 7.87. The van der Waals surface area contributed by atoms with Crippen molar-refractivity contribution in [2.75, 3.05) is 19.1 Å². The minimum Gasteiger partial charge on any atom is -0.491 e. The van der Waals surface area contributed by atoms with Gasteiger partial charge in [-0.15, -0.1) is 11.6 Å². The van der Waals surface area contributed by atoms with Crippen molar-refractivity contribution < 1.29 is 19.7 Å². The predicted molar refractivity (Wildman–Crippen MR) is 134 cm³/mol. The molecule has 1 aromatic heterocycles. The molecule has 172 valence electrons. The van der Waals surface area contributed by atoms with Crippen LogP contribution in [0.5, 0.6) is 11.5 Å². The Bertz CT molecular complexity index is 980. The molecule has 1 heterocycles. The lowest BCUT2D eigenvalue weighted by atomic mass is 9.78. The molecule has 8 heteroatoms. The average molecular weight is 571 g/mol. The predicted octanol–water partition coefficient (Wildman–Crippen LogP) is 4.23. The van der Waals surface area contributed by atoms with E-state index in [4.69, 9.17) is 21.1 Å². The third-order valence-electron chi connectivity index (χ3n) is 5.26. The summed E-state index contributed by atoms with van der Waals surface area (Å²) in [5, 5.41) is 19.7. The van der Waals surface area contributed by atoms with Crippen LogP contribution in [0.1, 0.15) is 25.0 Å². The van der Waals surface area contributed by atoms with Gasteiger partial charge in [0.1, 0.15) is 36.9 Å². The fraction of sp³-hybridized carbons (Fsp3) is 0.375. The number of nitrogens with zero attached hydrogens (tertiary/aromatic N) is 2. The summed E-state index contributed by atoms with van der Waals surface area (Å²) in [6, 6.07) is 14.0. The van der Waals surface area contributed by atoms with Crippen molar-refractivity contribution in [3.05, 3.63) is 75.9 Å². The van der Waals surface area contributed by atoms with Crippen LogP contribution in [-0.2, 0) is 12.0 Å². The Hall–Kier alpha value is -1.81. The fourth-order valence-corrected chi connectivity index (χ4v) is 4.01. The number of hydrogen-bond donors (Lipinski definition) is 2. The minimum atomic E-state index is -0.684. The highest BCUT2D eigenvalue weighted by atomic mass is 127. The highest BCUT2D eigenvalue weighted by molar-refractivity contribution is 14.1. The van der Waals surface area contributed by atoms with Crippen molar-refractivity contribution in [3.63, 3.8) is 0 Å². The number of ether oxygens (including phenoxy) is 2. The molecule has 0 aliphatic heterocycles. The van der Waals surface area contributed by atoms with Gasteiger partial charge in [-0.05, 0) is 58.0 Å². The van der Waals surface area contributed by atoms with Gasteiger partial charge in [0, 0.05) is 17.8 Å². The van der Waals surface area contributed by atoms with Crippen LogP contribution in [0.15, 0.2) is 61.2 Å². The lowest BCUT2D eigenvalue weighted by molar-refractivity contribution is 0.0924. The molecule has 2 aromatic carbocycles. The number of rotatable bonds is 11. The lowest BCUT2D eigenvalue weighted by Crippen LogP contribution is -2.23. The molecule has 0 unspecified atom stereocenters. The van der Waals surface area contributed by atoms with Crippen LogP contribution in [0.2, 0.25) is 0 Å². The highest BCUT2D eigenvalue weighted by Gasteiger charge is 2.24. The molecule has 0 saturated heterocycles. The Labute approximate surface area is 207 Å². The third kappa shape index (κ3) is 6.60. The minimum absolute atomic E-state index is 0.144. The first-order valence-electron chi connectivity index (χ1n) is 10.3. The molecular weight excluding hydrogens is 543 g/mol. The van der Waals surface area contributed by atoms with Gasteiger partial charge in [-0.3, -0.25) is 0 Å². The summed E-state index contributed by atoms with van der Waals surface area (Å²) in [6.07, 6.45) is 3.86. The van der Waals surface area contributed by atoms with E-state index in [9.17, 15) is 10.2 Å². The van der Waals surface area contributed by atoms with Gasteiger partial charge in [0.15, 0.2) is 0 Å². The monoisotopic (exact) mass is 570 g/mol. The van der Waals surface area contributed by atoms with Crippen molar-refractivity contribution in [2.24, 2.45) is 0 Å². The van der Waals surface area contributed by atoms with Crippen molar-refractivity contribution in [2.45, 2.75) is 38.0 Å². The van der Waals surface area contributed by atoms with Crippen LogP contribution in [0.3, 0.4) is 0 Å². The molecule has 32 heavy (non-hydrogen) atoms. The van der Waals surface area contributed by atoms with Crippen molar-refractivity contribution >= 4 is 34.2 Å². The van der Waals surface area contributed by atoms with Crippen molar-refractivity contribution in [1.82, 2.24) is 9.55 Å². The summed E-state index contributed by atoms with van der Waals surface area (Å²) in [4.78, 5) is 3.97. The fourth-order valence-electron chi connectivity index (χ4n) is 3.25. The van der Waals surface area contributed by atoms with Crippen molar-refractivity contribution in [1.29, 1.82) is 0 Å². The Kier molecular flexibility index (Phi) is 8.81. The molecule has 2 N–H and O–H groups in total. The Morgan fingerprint density at radius 2 is 1.72 bits per heavy atom. The molecule has 3 rings (SSSR count). The smallest absolute Gasteiger partial charge is 0.132 e. The van der Waals surface area contributed by atoms with E-state index < -0.39 is 12.2 Å². The summed E-state index contributed by atoms with van der Waals surface area (Å²) in [5.74, 6) is 1.59. The topological polar surface area (TPSA) is 76.7 Å². The number of aromatic nitrogens is 2. The molecule has 0 saturated carbocycles. The lowest BCUT2D eigenvalue weighted by Gasteiger charge is -2.27. The van der Waals surface area contributed by atoms with Crippen LogP contribution >= 0.6 is 34.2 Å². The van der Waals surface area contributed by atoms with Gasteiger partial charge in [0.25, 0.3) is 0 Å². The maximum absolute atomic E-state index is 10.1. The van der Waals surface area contributed by atoms with E-state index in [1.54, 1.807) is 12.5 Å². The number of aliphatic hydroxyl groups excluding tert-OH is 2. The number of halogens is 2. The second-order valence-electron chi connectivity index (χ2n) is 8.14. The molecule has 0 radical (unpaired) electrons. The zero-order valence-corrected chi connectivity index (χ0v) is 21.0. The standard InChI is InChI=1S/C24H28ClIN2O4/c1-24(2,18-5-8-23(22(26)11-18)32-14-19(29)12-25)17-3-6-21(7-4-17)31-15-20(30)13-28-10-9-27-16-28/h3-11,16,19-20,29-30H,12-15H2,1-2H3/t19-,20+/m0/s1. The number of benzene rings is 2. The second kappa shape index (κ2) is 11.4. The molecule has 3 aromatic rings. The largest absolute Gasteiger partial charge is 0.491 e. The Morgan fingerprint density at radius 3 is 2.34 bits per heavy atom. The quantitative estimate of drug-likeness (QED) is 0.267. The van der Waals surface area contributed by atoms with E-state index in [0.717, 1.165) is 20.4 Å². The number of alkyl halides is 1. The number of aliphatic hydroxyl groups is 2. The summed E-state index contributed by atoms with van der Waals surface area (Å²) in [7, 11) is 0. The summed E-state index contributed by atoms with van der Waals surface area (Å²) < 4.78 is 14.2. The summed E-state index contributed by atoms with van der Waals surface area (Å²) in [5.41, 5.74) is 2.07. The maximum atomic E-state index is 10.1. The van der Waals surface area contributed by atoms with Gasteiger partial charge in [-0.2, -0.15) is 0 Å². The van der Waals surface area contributed by atoms with E-state index in [1.807, 2.05) is 47.2 Å². The normalized spacial score (nSPS) is 13.6. The molecule has 0 amide bonds. The van der Waals surface area contributed by atoms with Gasteiger partial charge in [-0.25, -0.2) is 4.98 Å². The Morgan fingerprint density at radius 1 is 1.03 bits per heavy atom. The molecule has 6 nitrogen and oxygen atoms in total. The third-order valence-corrected chi connectivity index (χ3v) is 6.46. The van der Waals surface area contributed by atoms with Gasteiger partial charge in [0.05, 0.1) is 22.3 Å². The van der Waals surface area contributed by atoms with Crippen LogP contribution in [0.25, 0.3) is 0 Å². The molecule has 0 spiro atoms. The second-order valence-corrected chi connectivity index (χ2v) is 9.61. The highest BCUT2D eigenvalue weighted by Crippen LogP contribution is 2.35. The van der Waals surface area contributed by atoms with Gasteiger partial charge in [-0.1, -0.05) is 32.0 Å². The first-order chi connectivity index (χ1) is 15.3. The van der Waals surface area contributed by atoms with Crippen molar-refractivity contribution in [3.8, 4) is 11.5 Å². The molecular formula is C24H28ClIN2O4. The first kappa shape index (κ1) is 24.8. The SMILES string of the molecule is CC(C)(c1ccc(OC[C@H](O)Cn2ccnc2)cc1)c1ccc(OC[C@@H](O)CCl)c(I)c1. The average Bonchev–Trinajstić information content (AvgIpc) is 3.29. The van der Waals surface area contributed by atoms with E-state index >= 15 is 0 Å². The summed E-state index contributed by atoms with van der Waals surface area (Å²) in [6.45, 7) is 5.15. The van der Waals surface area contributed by atoms with E-state index in [2.05, 4.69) is 47.5 Å². The molecule has 0 aliphatic rings. The zero-order chi connectivity index (χ0) is 23.1. The molecule has 0 fully saturated rings. The number of hydrogen-bond acceptors (Lipinski definition) is 5. The van der Waals surface area contributed by atoms with E-state index in [1.165, 1.54) is 0 Å². The van der Waals surface area contributed by atoms with Crippen LogP contribution in [0.4, 0.5) is 0 Å². The first-order valence-corrected chi connectivity index (χ1v) is 11.9. The Balaban J connectivity index is 1.62. The number of imidazole rings is 1. The van der Waals surface area contributed by atoms with Gasteiger partial charge < -0.3 is 24.3 Å². The maximum Gasteiger partial charge on any atom is 0.132 e. The zero-order valence-electron chi connectivity index (χ0n) is 18.1. The van der Waals surface area contributed by atoms with Crippen LogP contribution < -0.4 is 9.47 Å². The van der Waals surface area contributed by atoms with Gasteiger partial charge >= 0.3 is 0 Å². The van der Waals surface area contributed by atoms with E-state index in [-0.39, 0.29) is 24.5 Å². The van der Waals surface area contributed by atoms with Crippen LogP contribution in [0, 0.1) is 3.57 Å². The van der Waals surface area contributed by atoms with Gasteiger partial charge in [0.2, 0.25) is 0 Å². The molecule has 0 bridgehead atoms. The molecule has 2 atom stereocenters. The molecule has 0 aliphatic carbocycles.